The van der Waals surface area contributed by atoms with E-state index in [1.54, 1.807) is 0 Å². The van der Waals surface area contributed by atoms with E-state index in [-0.39, 0.29) is 5.69 Å². The number of hydrogen-bond acceptors (Lipinski definition) is 3. The third-order valence-electron chi connectivity index (χ3n) is 1.92. The Morgan fingerprint density at radius 3 is 2.56 bits per heavy atom. The van der Waals surface area contributed by atoms with Crippen molar-refractivity contribution in [2.24, 2.45) is 0 Å². The molecule has 0 aliphatic rings. The third kappa shape index (κ3) is 1.97. The van der Waals surface area contributed by atoms with E-state index in [4.69, 9.17) is 5.11 Å². The molecule has 1 aromatic carbocycles. The first kappa shape index (κ1) is 10.5. The maximum absolute atomic E-state index is 12.4. The van der Waals surface area contributed by atoms with Crippen LogP contribution in [-0.4, -0.2) is 19.9 Å². The normalized spacial score (nSPS) is 11.7. The highest BCUT2D eigenvalue weighted by Gasteiger charge is 2.30. The molecule has 2 rings (SSSR count). The van der Waals surface area contributed by atoms with Gasteiger partial charge in [-0.15, -0.1) is 5.10 Å². The standard InChI is InChI=1S/C9H6F3N3O/c10-9(11,12)6-2-1-3-7(4-6)15-5-13-8(16)14-15/h1-5H,(H,14,16). The molecule has 0 fully saturated rings. The lowest BCUT2D eigenvalue weighted by Crippen LogP contribution is -2.06. The summed E-state index contributed by atoms with van der Waals surface area (Å²) in [5, 5.41) is 12.4. The van der Waals surface area contributed by atoms with Gasteiger partial charge in [0.05, 0.1) is 11.3 Å². The Bertz CT molecular complexity index is 507. The fourth-order valence-corrected chi connectivity index (χ4v) is 1.20. The Hall–Kier alpha value is -2.05. The molecular weight excluding hydrogens is 223 g/mol. The van der Waals surface area contributed by atoms with Gasteiger partial charge in [-0.25, -0.2) is 4.68 Å². The van der Waals surface area contributed by atoms with Gasteiger partial charge in [-0.2, -0.15) is 18.2 Å². The number of hydrogen-bond donors (Lipinski definition) is 1. The Morgan fingerprint density at radius 2 is 2.00 bits per heavy atom. The minimum Gasteiger partial charge on any atom is -0.478 e. The van der Waals surface area contributed by atoms with Crippen LogP contribution in [0.2, 0.25) is 0 Å². The number of halogens is 3. The number of aromatic hydroxyl groups is 1. The van der Waals surface area contributed by atoms with Crippen molar-refractivity contribution < 1.29 is 18.3 Å². The van der Waals surface area contributed by atoms with E-state index in [0.717, 1.165) is 23.1 Å². The van der Waals surface area contributed by atoms with Crippen molar-refractivity contribution in [1.29, 1.82) is 0 Å². The van der Waals surface area contributed by atoms with E-state index < -0.39 is 17.8 Å². The summed E-state index contributed by atoms with van der Waals surface area (Å²) in [5.74, 6) is 0. The van der Waals surface area contributed by atoms with Crippen LogP contribution < -0.4 is 0 Å². The molecule has 4 nitrogen and oxygen atoms in total. The van der Waals surface area contributed by atoms with E-state index in [1.807, 2.05) is 0 Å². The SMILES string of the molecule is Oc1ncn(-c2cccc(C(F)(F)F)c2)n1. The van der Waals surface area contributed by atoms with Gasteiger partial charge in [0.1, 0.15) is 6.33 Å². The summed E-state index contributed by atoms with van der Waals surface area (Å²) < 4.78 is 38.2. The molecule has 0 unspecified atom stereocenters. The second kappa shape index (κ2) is 3.51. The third-order valence-corrected chi connectivity index (χ3v) is 1.92. The molecule has 1 N–H and O–H groups in total. The first-order valence-electron chi connectivity index (χ1n) is 4.25. The van der Waals surface area contributed by atoms with Crippen molar-refractivity contribution in [3.8, 4) is 11.7 Å². The minimum atomic E-state index is -4.40. The Labute approximate surface area is 88.0 Å². The average Bonchev–Trinajstić information content (AvgIpc) is 2.64. The highest BCUT2D eigenvalue weighted by Crippen LogP contribution is 2.30. The predicted octanol–water partition coefficient (Wildman–Crippen LogP) is 1.99. The number of nitrogens with zero attached hydrogens (tertiary/aromatic N) is 3. The fourth-order valence-electron chi connectivity index (χ4n) is 1.20. The van der Waals surface area contributed by atoms with Gasteiger partial charge in [0.15, 0.2) is 0 Å². The largest absolute Gasteiger partial charge is 0.478 e. The molecule has 0 aliphatic heterocycles. The molecule has 0 radical (unpaired) electrons. The molecule has 7 heteroatoms. The van der Waals surface area contributed by atoms with Gasteiger partial charge < -0.3 is 5.11 Å². The number of benzene rings is 1. The Morgan fingerprint density at radius 1 is 1.25 bits per heavy atom. The second-order valence-electron chi connectivity index (χ2n) is 3.04. The molecule has 0 saturated carbocycles. The van der Waals surface area contributed by atoms with Crippen molar-refractivity contribution >= 4 is 0 Å². The summed E-state index contributed by atoms with van der Waals surface area (Å²) in [6, 6.07) is 4.09. The summed E-state index contributed by atoms with van der Waals surface area (Å²) >= 11 is 0. The fraction of sp³-hybridized carbons (Fsp3) is 0.111. The van der Waals surface area contributed by atoms with Crippen molar-refractivity contribution in [2.75, 3.05) is 0 Å². The maximum atomic E-state index is 12.4. The van der Waals surface area contributed by atoms with Crippen molar-refractivity contribution in [1.82, 2.24) is 14.8 Å². The second-order valence-corrected chi connectivity index (χ2v) is 3.04. The van der Waals surface area contributed by atoms with Gasteiger partial charge in [0.2, 0.25) is 0 Å². The van der Waals surface area contributed by atoms with Crippen molar-refractivity contribution in [2.45, 2.75) is 6.18 Å². The molecule has 0 bridgehead atoms. The zero-order chi connectivity index (χ0) is 11.8. The zero-order valence-corrected chi connectivity index (χ0v) is 7.81. The molecule has 0 spiro atoms. The van der Waals surface area contributed by atoms with Crippen molar-refractivity contribution in [3.05, 3.63) is 36.2 Å². The van der Waals surface area contributed by atoms with Gasteiger partial charge in [-0.05, 0) is 18.2 Å². The van der Waals surface area contributed by atoms with Crippen LogP contribution >= 0.6 is 0 Å². The first-order chi connectivity index (χ1) is 7.47. The molecule has 84 valence electrons. The van der Waals surface area contributed by atoms with Crippen LogP contribution in [0.15, 0.2) is 30.6 Å². The van der Waals surface area contributed by atoms with Crippen LogP contribution in [0.25, 0.3) is 5.69 Å². The van der Waals surface area contributed by atoms with Gasteiger partial charge in [0.25, 0.3) is 0 Å². The molecule has 0 aliphatic carbocycles. The van der Waals surface area contributed by atoms with E-state index >= 15 is 0 Å². The smallest absolute Gasteiger partial charge is 0.416 e. The number of aromatic nitrogens is 3. The zero-order valence-electron chi connectivity index (χ0n) is 7.81. The lowest BCUT2D eigenvalue weighted by Gasteiger charge is -2.07. The van der Waals surface area contributed by atoms with Crippen LogP contribution in [0, 0.1) is 0 Å². The average molecular weight is 229 g/mol. The van der Waals surface area contributed by atoms with Gasteiger partial charge in [0, 0.05) is 0 Å². The minimum absolute atomic E-state index is 0.183. The molecule has 1 heterocycles. The van der Waals surface area contributed by atoms with Gasteiger partial charge >= 0.3 is 12.2 Å². The lowest BCUT2D eigenvalue weighted by molar-refractivity contribution is -0.137. The Balaban J connectivity index is 2.44. The predicted molar refractivity (Wildman–Crippen MR) is 48.0 cm³/mol. The summed E-state index contributed by atoms with van der Waals surface area (Å²) in [7, 11) is 0. The molecule has 0 atom stereocenters. The summed E-state index contributed by atoms with van der Waals surface area (Å²) in [6.07, 6.45) is -3.27. The first-order valence-corrected chi connectivity index (χ1v) is 4.25. The van der Waals surface area contributed by atoms with E-state index in [9.17, 15) is 13.2 Å². The van der Waals surface area contributed by atoms with E-state index in [0.29, 0.717) is 0 Å². The highest BCUT2D eigenvalue weighted by atomic mass is 19.4. The number of alkyl halides is 3. The molecule has 0 saturated heterocycles. The molecule has 1 aromatic heterocycles. The Kier molecular flexibility index (Phi) is 2.30. The molecule has 16 heavy (non-hydrogen) atoms. The van der Waals surface area contributed by atoms with E-state index in [1.165, 1.54) is 12.1 Å². The number of rotatable bonds is 1. The quantitative estimate of drug-likeness (QED) is 0.813. The maximum Gasteiger partial charge on any atom is 0.416 e. The van der Waals surface area contributed by atoms with E-state index in [2.05, 4.69) is 10.1 Å². The topological polar surface area (TPSA) is 50.9 Å². The molecule has 2 aromatic rings. The van der Waals surface area contributed by atoms with Gasteiger partial charge in [-0.1, -0.05) is 6.07 Å². The monoisotopic (exact) mass is 229 g/mol. The summed E-state index contributed by atoms with van der Waals surface area (Å²) in [5.41, 5.74) is -0.595. The van der Waals surface area contributed by atoms with Gasteiger partial charge in [-0.3, -0.25) is 0 Å². The highest BCUT2D eigenvalue weighted by molar-refractivity contribution is 5.36. The van der Waals surface area contributed by atoms with Crippen LogP contribution in [0.3, 0.4) is 0 Å². The van der Waals surface area contributed by atoms with Crippen LogP contribution in [-0.2, 0) is 6.18 Å². The molecular formula is C9H6F3N3O. The van der Waals surface area contributed by atoms with Crippen LogP contribution in [0.4, 0.5) is 13.2 Å². The van der Waals surface area contributed by atoms with Crippen LogP contribution in [0.1, 0.15) is 5.56 Å². The lowest BCUT2D eigenvalue weighted by atomic mass is 10.2. The molecule has 0 amide bonds. The van der Waals surface area contributed by atoms with Crippen LogP contribution in [0.5, 0.6) is 6.01 Å². The summed E-state index contributed by atoms with van der Waals surface area (Å²) in [4.78, 5) is 3.41. The van der Waals surface area contributed by atoms with Crippen molar-refractivity contribution in [3.63, 3.8) is 0 Å². The summed E-state index contributed by atoms with van der Waals surface area (Å²) in [6.45, 7) is 0.